The molecule has 2 aromatic carbocycles. The number of nitrogens with one attached hydrogen (secondary N) is 1. The van der Waals surface area contributed by atoms with E-state index in [1.807, 2.05) is 0 Å². The van der Waals surface area contributed by atoms with Crippen molar-refractivity contribution in [3.8, 4) is 34.0 Å². The van der Waals surface area contributed by atoms with Gasteiger partial charge in [-0.25, -0.2) is 0 Å². The van der Waals surface area contributed by atoms with Gasteiger partial charge in [-0.2, -0.15) is 22.7 Å². The molecule has 0 saturated carbocycles. The summed E-state index contributed by atoms with van der Waals surface area (Å²) in [6.45, 7) is -5.90. The Kier molecular flexibility index (Phi) is 5.32. The second kappa shape index (κ2) is 7.65. The first-order chi connectivity index (χ1) is 12.4. The number of aromatic nitrogens is 2. The quantitative estimate of drug-likeness (QED) is 0.561. The van der Waals surface area contributed by atoms with Crippen molar-refractivity contribution in [3.05, 3.63) is 53.6 Å². The average molecular weight is 387 g/mol. The second-order valence-corrected chi connectivity index (χ2v) is 5.45. The summed E-state index contributed by atoms with van der Waals surface area (Å²) in [6.07, 6.45) is 0. The lowest BCUT2D eigenvalue weighted by Gasteiger charge is -2.07. The van der Waals surface area contributed by atoms with Crippen LogP contribution in [0.5, 0.6) is 11.5 Å². The van der Waals surface area contributed by atoms with Gasteiger partial charge in [-0.05, 0) is 24.3 Å². The maximum Gasteiger partial charge on any atom is 0.387 e. The van der Waals surface area contributed by atoms with Gasteiger partial charge in [0.15, 0.2) is 0 Å². The van der Waals surface area contributed by atoms with E-state index in [4.69, 9.17) is 11.6 Å². The van der Waals surface area contributed by atoms with Crippen molar-refractivity contribution in [1.29, 1.82) is 0 Å². The Balaban J connectivity index is 1.94. The van der Waals surface area contributed by atoms with E-state index >= 15 is 0 Å². The number of aromatic amines is 1. The minimum absolute atomic E-state index is 0.0305. The minimum Gasteiger partial charge on any atom is -0.435 e. The molecule has 0 amide bonds. The van der Waals surface area contributed by atoms with E-state index in [0.717, 1.165) is 0 Å². The predicted octanol–water partition coefficient (Wildman–Crippen LogP) is 5.60. The SMILES string of the molecule is FC(F)Oc1cccc(-c2n[nH]c(-c3cccc(OC(F)F)c3)c2Cl)c1. The highest BCUT2D eigenvalue weighted by molar-refractivity contribution is 6.35. The monoisotopic (exact) mass is 386 g/mol. The van der Waals surface area contributed by atoms with Crippen LogP contribution in [0.2, 0.25) is 5.02 Å². The van der Waals surface area contributed by atoms with E-state index in [9.17, 15) is 17.6 Å². The summed E-state index contributed by atoms with van der Waals surface area (Å²) in [5.74, 6) is -0.0671. The number of ether oxygens (including phenoxy) is 2. The van der Waals surface area contributed by atoms with Crippen molar-refractivity contribution in [2.24, 2.45) is 0 Å². The summed E-state index contributed by atoms with van der Waals surface area (Å²) in [6, 6.07) is 11.8. The summed E-state index contributed by atoms with van der Waals surface area (Å²) in [4.78, 5) is 0. The molecule has 1 heterocycles. The van der Waals surface area contributed by atoms with Gasteiger partial charge in [0.2, 0.25) is 0 Å². The first kappa shape index (κ1) is 18.1. The van der Waals surface area contributed by atoms with Crippen molar-refractivity contribution >= 4 is 11.6 Å². The molecule has 0 aliphatic rings. The standard InChI is InChI=1S/C17H11ClF4N2O2/c18-13-14(9-3-1-5-11(7-9)25-16(19)20)23-24-15(13)10-4-2-6-12(8-10)26-17(21)22/h1-8,16-17H,(H,23,24). The number of H-pyrrole nitrogens is 1. The first-order valence-electron chi connectivity index (χ1n) is 7.28. The Morgan fingerprint density at radius 2 is 1.38 bits per heavy atom. The van der Waals surface area contributed by atoms with E-state index in [0.29, 0.717) is 22.5 Å². The highest BCUT2D eigenvalue weighted by atomic mass is 35.5. The van der Waals surface area contributed by atoms with Gasteiger partial charge >= 0.3 is 13.2 Å². The van der Waals surface area contributed by atoms with Crippen molar-refractivity contribution in [2.45, 2.75) is 13.2 Å². The number of rotatable bonds is 6. The molecule has 9 heteroatoms. The summed E-state index contributed by atoms with van der Waals surface area (Å²) in [5, 5.41) is 7.00. The molecule has 0 aliphatic heterocycles. The highest BCUT2D eigenvalue weighted by Gasteiger charge is 2.16. The zero-order valence-electron chi connectivity index (χ0n) is 12.9. The molecule has 3 rings (SSSR count). The molecule has 0 unspecified atom stereocenters. The number of halogens is 5. The molecule has 0 radical (unpaired) electrons. The van der Waals surface area contributed by atoms with Gasteiger partial charge in [-0.1, -0.05) is 35.9 Å². The molecule has 0 atom stereocenters. The Hall–Kier alpha value is -2.74. The average Bonchev–Trinajstić information content (AvgIpc) is 2.96. The van der Waals surface area contributed by atoms with Crippen LogP contribution >= 0.6 is 11.6 Å². The molecular formula is C17H11ClF4N2O2. The fraction of sp³-hybridized carbons (Fsp3) is 0.118. The third-order valence-electron chi connectivity index (χ3n) is 3.39. The molecule has 0 spiro atoms. The number of hydrogen-bond donors (Lipinski definition) is 1. The van der Waals surface area contributed by atoms with E-state index in [2.05, 4.69) is 19.7 Å². The second-order valence-electron chi connectivity index (χ2n) is 5.07. The Bertz CT molecular complexity index is 831. The highest BCUT2D eigenvalue weighted by Crippen LogP contribution is 2.36. The van der Waals surface area contributed by atoms with E-state index in [1.54, 1.807) is 12.1 Å². The number of nitrogens with zero attached hydrogens (tertiary/aromatic N) is 1. The summed E-state index contributed by atoms with van der Waals surface area (Å²) in [5.41, 5.74) is 1.62. The third-order valence-corrected chi connectivity index (χ3v) is 3.76. The van der Waals surface area contributed by atoms with Gasteiger partial charge in [-0.15, -0.1) is 0 Å². The molecule has 4 nitrogen and oxygen atoms in total. The first-order valence-corrected chi connectivity index (χ1v) is 7.66. The molecule has 1 N–H and O–H groups in total. The Morgan fingerprint density at radius 1 is 0.846 bits per heavy atom. The maximum atomic E-state index is 12.4. The maximum absolute atomic E-state index is 12.4. The van der Waals surface area contributed by atoms with Crippen LogP contribution in [0.3, 0.4) is 0 Å². The van der Waals surface area contributed by atoms with Crippen LogP contribution < -0.4 is 9.47 Å². The minimum atomic E-state index is -2.95. The van der Waals surface area contributed by atoms with Crippen molar-refractivity contribution in [1.82, 2.24) is 10.2 Å². The number of hydrogen-bond acceptors (Lipinski definition) is 3. The van der Waals surface area contributed by atoms with Crippen LogP contribution in [0.25, 0.3) is 22.5 Å². The van der Waals surface area contributed by atoms with Gasteiger partial charge in [0.1, 0.15) is 17.2 Å². The fourth-order valence-corrected chi connectivity index (χ4v) is 2.66. The van der Waals surface area contributed by atoms with Crippen molar-refractivity contribution < 1.29 is 27.0 Å². The van der Waals surface area contributed by atoms with Crippen molar-refractivity contribution in [2.75, 3.05) is 0 Å². The van der Waals surface area contributed by atoms with Crippen LogP contribution in [0.15, 0.2) is 48.5 Å². The molecule has 26 heavy (non-hydrogen) atoms. The predicted molar refractivity (Wildman–Crippen MR) is 87.7 cm³/mol. The summed E-state index contributed by atoms with van der Waals surface area (Å²) in [7, 11) is 0. The number of alkyl halides is 4. The van der Waals surface area contributed by atoms with Gasteiger partial charge < -0.3 is 9.47 Å². The zero-order chi connectivity index (χ0) is 18.7. The van der Waals surface area contributed by atoms with Crippen LogP contribution in [0.4, 0.5) is 17.6 Å². The lowest BCUT2D eigenvalue weighted by molar-refractivity contribution is -0.0505. The van der Waals surface area contributed by atoms with Gasteiger partial charge in [-0.3, -0.25) is 5.10 Å². The molecular weight excluding hydrogens is 376 g/mol. The van der Waals surface area contributed by atoms with E-state index in [1.165, 1.54) is 36.4 Å². The Labute approximate surface area is 150 Å². The van der Waals surface area contributed by atoms with Gasteiger partial charge in [0.05, 0.1) is 10.7 Å². The fourth-order valence-electron chi connectivity index (χ4n) is 2.36. The molecule has 0 saturated heterocycles. The lowest BCUT2D eigenvalue weighted by Crippen LogP contribution is -2.01. The van der Waals surface area contributed by atoms with Crippen LogP contribution in [0, 0.1) is 0 Å². The molecule has 1 aromatic heterocycles. The van der Waals surface area contributed by atoms with Crippen LogP contribution in [-0.2, 0) is 0 Å². The molecule has 0 aliphatic carbocycles. The lowest BCUT2D eigenvalue weighted by atomic mass is 10.1. The van der Waals surface area contributed by atoms with Crippen LogP contribution in [-0.4, -0.2) is 23.4 Å². The zero-order valence-corrected chi connectivity index (χ0v) is 13.7. The van der Waals surface area contributed by atoms with E-state index < -0.39 is 13.2 Å². The van der Waals surface area contributed by atoms with Crippen molar-refractivity contribution in [3.63, 3.8) is 0 Å². The number of benzene rings is 2. The largest absolute Gasteiger partial charge is 0.435 e. The van der Waals surface area contributed by atoms with Crippen LogP contribution in [0.1, 0.15) is 0 Å². The Morgan fingerprint density at radius 3 is 1.96 bits per heavy atom. The molecule has 0 bridgehead atoms. The molecule has 0 fully saturated rings. The molecule has 136 valence electrons. The topological polar surface area (TPSA) is 47.1 Å². The normalized spacial score (nSPS) is 11.2. The van der Waals surface area contributed by atoms with Gasteiger partial charge in [0, 0.05) is 11.1 Å². The third kappa shape index (κ3) is 4.08. The van der Waals surface area contributed by atoms with Gasteiger partial charge in [0.25, 0.3) is 0 Å². The molecule has 3 aromatic rings. The summed E-state index contributed by atoms with van der Waals surface area (Å²) < 4.78 is 58.1. The smallest absolute Gasteiger partial charge is 0.387 e. The summed E-state index contributed by atoms with van der Waals surface area (Å²) >= 11 is 6.34. The van der Waals surface area contributed by atoms with E-state index in [-0.39, 0.29) is 16.5 Å².